The van der Waals surface area contributed by atoms with Gasteiger partial charge >= 0.3 is 12.1 Å². The highest BCUT2D eigenvalue weighted by Gasteiger charge is 2.33. The van der Waals surface area contributed by atoms with Crippen molar-refractivity contribution >= 4 is 16.9 Å². The Labute approximate surface area is 210 Å². The van der Waals surface area contributed by atoms with Gasteiger partial charge in [0.1, 0.15) is 18.0 Å². The van der Waals surface area contributed by atoms with Gasteiger partial charge in [-0.3, -0.25) is 4.79 Å². The summed E-state index contributed by atoms with van der Waals surface area (Å²) in [6, 6.07) is 12.3. The van der Waals surface area contributed by atoms with Gasteiger partial charge in [0.2, 0.25) is 0 Å². The van der Waals surface area contributed by atoms with Gasteiger partial charge in [0.05, 0.1) is 17.5 Å². The van der Waals surface area contributed by atoms with E-state index in [-0.39, 0.29) is 24.5 Å². The van der Waals surface area contributed by atoms with Crippen molar-refractivity contribution in [2.75, 3.05) is 0 Å². The molecule has 0 amide bonds. The summed E-state index contributed by atoms with van der Waals surface area (Å²) in [5, 5.41) is 1.05. The summed E-state index contributed by atoms with van der Waals surface area (Å²) in [4.78, 5) is 12.4. The fourth-order valence-electron chi connectivity index (χ4n) is 4.95. The number of hydrogen-bond acceptors (Lipinski definition) is 3. The van der Waals surface area contributed by atoms with E-state index in [4.69, 9.17) is 9.47 Å². The highest BCUT2D eigenvalue weighted by molar-refractivity contribution is 5.84. The van der Waals surface area contributed by atoms with Crippen molar-refractivity contribution in [3.63, 3.8) is 0 Å². The first-order valence-electron chi connectivity index (χ1n) is 12.5. The zero-order valence-electron chi connectivity index (χ0n) is 21.5. The van der Waals surface area contributed by atoms with Gasteiger partial charge in [-0.1, -0.05) is 26.0 Å². The molecule has 1 aliphatic heterocycles. The molecule has 1 unspecified atom stereocenters. The molecule has 0 radical (unpaired) electrons. The summed E-state index contributed by atoms with van der Waals surface area (Å²) < 4.78 is 54.6. The van der Waals surface area contributed by atoms with E-state index in [0.29, 0.717) is 29.7 Å². The molecule has 1 atom stereocenters. The largest absolute Gasteiger partial charge is 0.489 e. The smallest absolute Gasteiger partial charge is 0.416 e. The van der Waals surface area contributed by atoms with Gasteiger partial charge in [-0.2, -0.15) is 13.2 Å². The quantitative estimate of drug-likeness (QED) is 0.312. The number of carbonyl (C=O) groups excluding carboxylic acids is 1. The lowest BCUT2D eigenvalue weighted by Crippen LogP contribution is -2.25. The summed E-state index contributed by atoms with van der Waals surface area (Å²) in [6.07, 6.45) is -2.01. The maximum atomic E-state index is 13.6. The average Bonchev–Trinajstić information content (AvgIpc) is 3.30. The number of alkyl halides is 3. The fourth-order valence-corrected chi connectivity index (χ4v) is 4.95. The third kappa shape index (κ3) is 6.05. The number of rotatable bonds is 7. The van der Waals surface area contributed by atoms with Gasteiger partial charge in [-0.05, 0) is 81.3 Å². The van der Waals surface area contributed by atoms with E-state index in [0.717, 1.165) is 29.4 Å². The number of aryl methyl sites for hydroxylation is 1. The topological polar surface area (TPSA) is 40.5 Å². The molecule has 194 valence electrons. The molecule has 36 heavy (non-hydrogen) atoms. The molecule has 4 rings (SSSR count). The third-order valence-electron chi connectivity index (χ3n) is 6.33. The van der Waals surface area contributed by atoms with Gasteiger partial charge in [0.25, 0.3) is 0 Å². The molecule has 0 bridgehead atoms. The van der Waals surface area contributed by atoms with Crippen molar-refractivity contribution in [1.29, 1.82) is 0 Å². The first kappa shape index (κ1) is 26.1. The number of aromatic nitrogens is 1. The lowest BCUT2D eigenvalue weighted by Gasteiger charge is -2.22. The SMILES string of the molecule is CC(C)Cc1ccc(COc2ccc3cc4n(c3c2)C(CC(=O)OC(C)(C)C)CC4)cc1C(F)(F)F. The second-order valence-electron chi connectivity index (χ2n) is 11.1. The Morgan fingerprint density at radius 3 is 2.50 bits per heavy atom. The number of ether oxygens (including phenoxy) is 2. The molecule has 4 nitrogen and oxygen atoms in total. The van der Waals surface area contributed by atoms with E-state index in [1.165, 1.54) is 6.07 Å². The molecule has 0 aliphatic carbocycles. The van der Waals surface area contributed by atoms with Crippen molar-refractivity contribution in [3.8, 4) is 5.75 Å². The van der Waals surface area contributed by atoms with E-state index >= 15 is 0 Å². The summed E-state index contributed by atoms with van der Waals surface area (Å²) in [5.41, 5.74) is 1.77. The minimum Gasteiger partial charge on any atom is -0.489 e. The number of hydrogen-bond donors (Lipinski definition) is 0. The molecule has 0 saturated carbocycles. The second kappa shape index (κ2) is 9.83. The zero-order chi connectivity index (χ0) is 26.3. The number of halogens is 3. The van der Waals surface area contributed by atoms with Crippen molar-refractivity contribution in [1.82, 2.24) is 4.57 Å². The minimum absolute atomic E-state index is 0.00504. The van der Waals surface area contributed by atoms with Gasteiger partial charge in [0.15, 0.2) is 0 Å². The Morgan fingerprint density at radius 1 is 1.08 bits per heavy atom. The number of carbonyl (C=O) groups is 1. The van der Waals surface area contributed by atoms with Crippen LogP contribution in [0.2, 0.25) is 0 Å². The molecule has 0 N–H and O–H groups in total. The lowest BCUT2D eigenvalue weighted by atomic mass is 9.96. The molecule has 0 spiro atoms. The van der Waals surface area contributed by atoms with Crippen LogP contribution in [0.5, 0.6) is 5.75 Å². The van der Waals surface area contributed by atoms with Crippen LogP contribution in [-0.2, 0) is 35.2 Å². The standard InChI is InChI=1S/C29H34F3NO3/c1-18(2)12-20-7-6-19(13-25(20)29(30,31)32)17-35-24-11-8-21-14-22-9-10-23(33(22)26(21)16-24)15-27(34)36-28(3,4)5/h6-8,11,13-14,16,18,23H,9-10,12,15,17H2,1-5H3. The molecular weight excluding hydrogens is 467 g/mol. The monoisotopic (exact) mass is 501 g/mol. The summed E-state index contributed by atoms with van der Waals surface area (Å²) in [5.74, 6) is 0.477. The van der Waals surface area contributed by atoms with Crippen LogP contribution in [0.15, 0.2) is 42.5 Å². The Hall–Kier alpha value is -2.96. The maximum absolute atomic E-state index is 13.6. The lowest BCUT2D eigenvalue weighted by molar-refractivity contribution is -0.155. The normalized spacial score (nSPS) is 16.0. The average molecular weight is 502 g/mol. The highest BCUT2D eigenvalue weighted by atomic mass is 19.4. The molecule has 0 saturated heterocycles. The predicted octanol–water partition coefficient (Wildman–Crippen LogP) is 7.66. The molecule has 3 aromatic rings. The van der Waals surface area contributed by atoms with Gasteiger partial charge in [-0.15, -0.1) is 0 Å². The van der Waals surface area contributed by atoms with Crippen LogP contribution >= 0.6 is 0 Å². The van der Waals surface area contributed by atoms with Gasteiger partial charge in [-0.25, -0.2) is 0 Å². The van der Waals surface area contributed by atoms with Crippen molar-refractivity contribution in [3.05, 3.63) is 64.8 Å². The predicted molar refractivity (Wildman–Crippen MR) is 134 cm³/mol. The Kier molecular flexibility index (Phi) is 7.13. The first-order chi connectivity index (χ1) is 16.8. The van der Waals surface area contributed by atoms with Crippen molar-refractivity contribution in [2.45, 2.75) is 84.7 Å². The van der Waals surface area contributed by atoms with Crippen LogP contribution < -0.4 is 4.74 Å². The molecule has 0 fully saturated rings. The Morgan fingerprint density at radius 2 is 1.83 bits per heavy atom. The Balaban J connectivity index is 1.53. The van der Waals surface area contributed by atoms with Crippen molar-refractivity contribution < 1.29 is 27.4 Å². The number of benzene rings is 2. The highest BCUT2D eigenvalue weighted by Crippen LogP contribution is 2.37. The van der Waals surface area contributed by atoms with Crippen LogP contribution in [-0.4, -0.2) is 16.1 Å². The molecule has 2 aromatic carbocycles. The van der Waals surface area contributed by atoms with E-state index in [2.05, 4.69) is 10.6 Å². The molecule has 7 heteroatoms. The molecular formula is C29H34F3NO3. The number of nitrogens with zero attached hydrogens (tertiary/aromatic N) is 1. The van der Waals surface area contributed by atoms with Crippen LogP contribution in [0.3, 0.4) is 0 Å². The van der Waals surface area contributed by atoms with Gasteiger partial charge in [0, 0.05) is 23.2 Å². The minimum atomic E-state index is -4.41. The summed E-state index contributed by atoms with van der Waals surface area (Å²) >= 11 is 0. The summed E-state index contributed by atoms with van der Waals surface area (Å²) in [7, 11) is 0. The number of fused-ring (bicyclic) bond motifs is 3. The van der Waals surface area contributed by atoms with E-state index in [9.17, 15) is 18.0 Å². The zero-order valence-corrected chi connectivity index (χ0v) is 21.5. The van der Waals surface area contributed by atoms with Crippen LogP contribution in [0.1, 0.15) is 75.9 Å². The molecule has 2 heterocycles. The van der Waals surface area contributed by atoms with E-state index < -0.39 is 17.3 Å². The fraction of sp³-hybridized carbons (Fsp3) is 0.483. The Bertz CT molecular complexity index is 1250. The second-order valence-corrected chi connectivity index (χ2v) is 11.1. The maximum Gasteiger partial charge on any atom is 0.416 e. The van der Waals surface area contributed by atoms with Crippen LogP contribution in [0, 0.1) is 5.92 Å². The molecule has 1 aromatic heterocycles. The van der Waals surface area contributed by atoms with Gasteiger partial charge < -0.3 is 14.0 Å². The van der Waals surface area contributed by atoms with E-state index in [1.807, 2.05) is 52.8 Å². The molecule has 1 aliphatic rings. The van der Waals surface area contributed by atoms with E-state index in [1.54, 1.807) is 12.1 Å². The summed E-state index contributed by atoms with van der Waals surface area (Å²) in [6.45, 7) is 9.42. The van der Waals surface area contributed by atoms with Crippen molar-refractivity contribution in [2.24, 2.45) is 5.92 Å². The first-order valence-corrected chi connectivity index (χ1v) is 12.5. The number of esters is 1. The van der Waals surface area contributed by atoms with Crippen LogP contribution in [0.25, 0.3) is 10.9 Å². The van der Waals surface area contributed by atoms with Crippen LogP contribution in [0.4, 0.5) is 13.2 Å². The third-order valence-corrected chi connectivity index (χ3v) is 6.33.